The van der Waals surface area contributed by atoms with E-state index < -0.39 is 10.0 Å². The van der Waals surface area contributed by atoms with Crippen molar-refractivity contribution in [3.05, 3.63) is 27.2 Å². The third-order valence-corrected chi connectivity index (χ3v) is 5.38. The van der Waals surface area contributed by atoms with E-state index in [1.165, 1.54) is 0 Å². The van der Waals surface area contributed by atoms with E-state index in [4.69, 9.17) is 11.6 Å². The number of hydrogen-bond donors (Lipinski definition) is 2. The summed E-state index contributed by atoms with van der Waals surface area (Å²) in [6.07, 6.45) is 2.56. The Morgan fingerprint density at radius 2 is 1.95 bits per heavy atom. The number of hydrogen-bond acceptors (Lipinski definition) is 3. The lowest BCUT2D eigenvalue weighted by Gasteiger charge is -2.11. The second kappa shape index (κ2) is 8.98. The maximum absolute atomic E-state index is 12.0. The van der Waals surface area contributed by atoms with Crippen LogP contribution in [-0.2, 0) is 10.0 Å². The first-order valence-electron chi connectivity index (χ1n) is 7.02. The maximum atomic E-state index is 12.0. The number of unbranched alkanes of at least 4 members (excludes halogenated alkanes) is 1. The second-order valence-corrected chi connectivity index (χ2v) is 8.06. The number of benzene rings is 1. The van der Waals surface area contributed by atoms with Gasteiger partial charge in [-0.25, -0.2) is 8.42 Å². The normalized spacial score (nSPS) is 11.6. The molecule has 0 atom stereocenters. The van der Waals surface area contributed by atoms with Crippen molar-refractivity contribution in [1.29, 1.82) is 0 Å². The third kappa shape index (κ3) is 7.00. The third-order valence-electron chi connectivity index (χ3n) is 2.96. The van der Waals surface area contributed by atoms with E-state index in [-0.39, 0.29) is 5.75 Å². The Labute approximate surface area is 140 Å². The van der Waals surface area contributed by atoms with Gasteiger partial charge in [-0.1, -0.05) is 18.5 Å². The van der Waals surface area contributed by atoms with Gasteiger partial charge in [0.05, 0.1) is 11.4 Å². The molecule has 1 aromatic carbocycles. The van der Waals surface area contributed by atoms with Gasteiger partial charge in [-0.05, 0) is 72.9 Å². The van der Waals surface area contributed by atoms with Crippen LogP contribution in [0.4, 0.5) is 5.69 Å². The first-order valence-corrected chi connectivity index (χ1v) is 9.85. The zero-order chi connectivity index (χ0) is 15.9. The lowest BCUT2D eigenvalue weighted by atomic mass is 10.2. The van der Waals surface area contributed by atoms with Crippen LogP contribution in [0.2, 0.25) is 5.02 Å². The molecule has 1 rings (SSSR count). The molecule has 0 saturated heterocycles. The molecule has 0 unspecified atom stereocenters. The van der Waals surface area contributed by atoms with Crippen molar-refractivity contribution in [3.63, 3.8) is 0 Å². The molecule has 0 heterocycles. The molecule has 0 spiro atoms. The monoisotopic (exact) mass is 396 g/mol. The lowest BCUT2D eigenvalue weighted by molar-refractivity contribution is 0.590. The van der Waals surface area contributed by atoms with Crippen molar-refractivity contribution in [2.75, 3.05) is 23.6 Å². The van der Waals surface area contributed by atoms with Crippen LogP contribution in [0.5, 0.6) is 0 Å². The van der Waals surface area contributed by atoms with Crippen LogP contribution in [-0.4, -0.2) is 27.3 Å². The van der Waals surface area contributed by atoms with Crippen molar-refractivity contribution in [3.8, 4) is 0 Å². The highest BCUT2D eigenvalue weighted by molar-refractivity contribution is 9.10. The van der Waals surface area contributed by atoms with Crippen LogP contribution in [0.1, 0.15) is 31.7 Å². The summed E-state index contributed by atoms with van der Waals surface area (Å²) < 4.78 is 27.4. The molecule has 2 N–H and O–H groups in total. The van der Waals surface area contributed by atoms with Crippen LogP contribution < -0.4 is 10.0 Å². The SMILES string of the molecule is CCCNCCCCS(=O)(=O)Nc1cc(Cl)c(C)cc1Br. The first-order chi connectivity index (χ1) is 9.85. The van der Waals surface area contributed by atoms with Crippen LogP contribution >= 0.6 is 27.5 Å². The average Bonchev–Trinajstić information content (AvgIpc) is 2.40. The lowest BCUT2D eigenvalue weighted by Crippen LogP contribution is -2.20. The predicted octanol–water partition coefficient (Wildman–Crippen LogP) is 3.93. The maximum Gasteiger partial charge on any atom is 0.232 e. The summed E-state index contributed by atoms with van der Waals surface area (Å²) in [4.78, 5) is 0. The zero-order valence-corrected chi connectivity index (χ0v) is 15.5. The van der Waals surface area contributed by atoms with Gasteiger partial charge in [0.25, 0.3) is 0 Å². The molecule has 0 saturated carbocycles. The van der Waals surface area contributed by atoms with Crippen molar-refractivity contribution in [2.24, 2.45) is 0 Å². The van der Waals surface area contributed by atoms with E-state index in [1.807, 2.05) is 6.92 Å². The van der Waals surface area contributed by atoms with Crippen LogP contribution in [0.3, 0.4) is 0 Å². The highest BCUT2D eigenvalue weighted by atomic mass is 79.9. The number of anilines is 1. The summed E-state index contributed by atoms with van der Waals surface area (Å²) in [5.41, 5.74) is 1.38. The average molecular weight is 398 g/mol. The minimum Gasteiger partial charge on any atom is -0.317 e. The Hall–Kier alpha value is -0.300. The fraction of sp³-hybridized carbons (Fsp3) is 0.571. The van der Waals surface area contributed by atoms with Crippen LogP contribution in [0.15, 0.2) is 16.6 Å². The van der Waals surface area contributed by atoms with Crippen LogP contribution in [0, 0.1) is 6.92 Å². The van der Waals surface area contributed by atoms with Gasteiger partial charge in [-0.3, -0.25) is 4.72 Å². The van der Waals surface area contributed by atoms with Crippen molar-refractivity contribution < 1.29 is 8.42 Å². The van der Waals surface area contributed by atoms with Gasteiger partial charge in [0.1, 0.15) is 0 Å². The van der Waals surface area contributed by atoms with Gasteiger partial charge in [0.15, 0.2) is 0 Å². The number of rotatable bonds is 9. The van der Waals surface area contributed by atoms with E-state index in [0.717, 1.165) is 31.5 Å². The number of aryl methyl sites for hydroxylation is 1. The highest BCUT2D eigenvalue weighted by Gasteiger charge is 2.13. The molecule has 0 fully saturated rings. The molecular weight excluding hydrogens is 376 g/mol. The van der Waals surface area contributed by atoms with E-state index in [2.05, 4.69) is 32.9 Å². The minimum atomic E-state index is -3.35. The van der Waals surface area contributed by atoms with E-state index in [9.17, 15) is 8.42 Å². The van der Waals surface area contributed by atoms with Gasteiger partial charge in [0.2, 0.25) is 10.0 Å². The summed E-state index contributed by atoms with van der Waals surface area (Å²) in [6, 6.07) is 3.43. The standard InChI is InChI=1S/C14H22BrClN2O2S/c1-3-6-17-7-4-5-8-21(19,20)18-14-10-13(16)11(2)9-12(14)15/h9-10,17-18H,3-8H2,1-2H3. The Morgan fingerprint density at radius 1 is 1.24 bits per heavy atom. The number of nitrogens with one attached hydrogen (secondary N) is 2. The fourth-order valence-corrected chi connectivity index (χ4v) is 3.83. The molecular formula is C14H22BrClN2O2S. The van der Waals surface area contributed by atoms with Crippen molar-refractivity contribution >= 4 is 43.2 Å². The molecule has 120 valence electrons. The Kier molecular flexibility index (Phi) is 8.02. The Morgan fingerprint density at radius 3 is 2.62 bits per heavy atom. The van der Waals surface area contributed by atoms with Gasteiger partial charge < -0.3 is 5.32 Å². The first kappa shape index (κ1) is 18.7. The van der Waals surface area contributed by atoms with Gasteiger partial charge in [-0.2, -0.15) is 0 Å². The predicted molar refractivity (Wildman–Crippen MR) is 93.7 cm³/mol. The van der Waals surface area contributed by atoms with Crippen molar-refractivity contribution in [1.82, 2.24) is 5.32 Å². The largest absolute Gasteiger partial charge is 0.317 e. The summed E-state index contributed by atoms with van der Waals surface area (Å²) in [5.74, 6) is 0.110. The summed E-state index contributed by atoms with van der Waals surface area (Å²) in [5, 5.41) is 3.79. The van der Waals surface area contributed by atoms with Gasteiger partial charge >= 0.3 is 0 Å². The molecule has 4 nitrogen and oxygen atoms in total. The summed E-state index contributed by atoms with van der Waals surface area (Å²) >= 11 is 9.37. The zero-order valence-electron chi connectivity index (χ0n) is 12.4. The van der Waals surface area contributed by atoms with E-state index in [1.54, 1.807) is 12.1 Å². The summed E-state index contributed by atoms with van der Waals surface area (Å²) in [7, 11) is -3.35. The Bertz CT molecular complexity index is 564. The number of sulfonamides is 1. The second-order valence-electron chi connectivity index (χ2n) is 4.96. The fourth-order valence-electron chi connectivity index (χ4n) is 1.79. The molecule has 0 bridgehead atoms. The highest BCUT2D eigenvalue weighted by Crippen LogP contribution is 2.29. The Balaban J connectivity index is 2.51. The summed E-state index contributed by atoms with van der Waals surface area (Å²) in [6.45, 7) is 5.80. The quantitative estimate of drug-likeness (QED) is 0.621. The van der Waals surface area contributed by atoms with Crippen LogP contribution in [0.25, 0.3) is 0 Å². The molecule has 1 aromatic rings. The van der Waals surface area contributed by atoms with E-state index >= 15 is 0 Å². The van der Waals surface area contributed by atoms with Gasteiger partial charge in [-0.15, -0.1) is 0 Å². The van der Waals surface area contributed by atoms with E-state index in [0.29, 0.717) is 21.6 Å². The smallest absolute Gasteiger partial charge is 0.232 e. The molecule has 0 amide bonds. The number of halogens is 2. The molecule has 0 aliphatic rings. The molecule has 7 heteroatoms. The molecule has 0 aliphatic carbocycles. The van der Waals surface area contributed by atoms with Crippen molar-refractivity contribution in [2.45, 2.75) is 33.1 Å². The minimum absolute atomic E-state index is 0.110. The molecule has 0 aliphatic heterocycles. The van der Waals surface area contributed by atoms with Gasteiger partial charge in [0, 0.05) is 9.50 Å². The molecule has 21 heavy (non-hydrogen) atoms. The molecule has 0 aromatic heterocycles. The molecule has 0 radical (unpaired) electrons. The topological polar surface area (TPSA) is 58.2 Å².